The molecule has 0 radical (unpaired) electrons. The molecule has 16 nitrogen and oxygen atoms in total. The molecule has 0 aliphatic carbocycles. The Hall–Kier alpha value is -3.58. The van der Waals surface area contributed by atoms with E-state index in [0.29, 0.717) is 11.2 Å². The van der Waals surface area contributed by atoms with Crippen molar-refractivity contribution < 1.29 is 47.5 Å². The number of rotatable bonds is 14. The van der Waals surface area contributed by atoms with E-state index >= 15 is 0 Å². The number of esters is 3. The van der Waals surface area contributed by atoms with Crippen molar-refractivity contribution in [3.63, 3.8) is 0 Å². The van der Waals surface area contributed by atoms with Crippen molar-refractivity contribution in [3.8, 4) is 6.07 Å². The molecule has 2 aromatic heterocycles. The average molecular weight is 681 g/mol. The van der Waals surface area contributed by atoms with E-state index in [2.05, 4.69) is 15.3 Å². The van der Waals surface area contributed by atoms with Gasteiger partial charge < -0.3 is 34.3 Å². The monoisotopic (exact) mass is 680 g/mol. The first kappa shape index (κ1) is 37.9. The highest BCUT2D eigenvalue weighted by Gasteiger charge is 2.67. The molecule has 17 heteroatoms. The van der Waals surface area contributed by atoms with Gasteiger partial charge in [-0.25, -0.2) is 14.7 Å². The second-order valence-electron chi connectivity index (χ2n) is 12.4. The Bertz CT molecular complexity index is 1520. The Balaban J connectivity index is 2.04. The topological polar surface area (TPSA) is 226 Å². The number of fused-ring (bicyclic) bond motifs is 1. The van der Waals surface area contributed by atoms with Crippen LogP contribution in [0.5, 0.6) is 0 Å². The van der Waals surface area contributed by atoms with Crippen molar-refractivity contribution in [1.82, 2.24) is 19.8 Å². The second kappa shape index (κ2) is 14.7. The number of nitrogens with zero attached hydrogens (tertiary/aromatic N) is 3. The number of nitrogen functional groups attached to an aromatic ring is 1. The van der Waals surface area contributed by atoms with Crippen LogP contribution < -0.4 is 15.9 Å². The zero-order valence-electron chi connectivity index (χ0n) is 28.0. The Morgan fingerprint density at radius 1 is 1.04 bits per heavy atom. The first-order valence-electron chi connectivity index (χ1n) is 15.2. The molecule has 0 aromatic carbocycles. The molecule has 0 spiro atoms. The van der Waals surface area contributed by atoms with Crippen molar-refractivity contribution in [2.75, 3.05) is 12.3 Å². The SMILES string of the molecule is CC(C)OC(=O)[C@H](C)NP(=O)(N[C@@H](C)C(=O)OC(C)C)OC[C@H]1O[C@@](C#N)(c2ccc3c(N)ccnn23)[C@](C)(O)[C@@H]1OC(=O)C(C)C. The minimum Gasteiger partial charge on any atom is -0.462 e. The van der Waals surface area contributed by atoms with Gasteiger partial charge in [-0.2, -0.15) is 10.4 Å². The number of anilines is 1. The number of aliphatic hydroxyl groups is 1. The maximum Gasteiger partial charge on any atom is 0.342 e. The maximum atomic E-state index is 14.3. The normalized spacial score (nSPS) is 24.3. The molecule has 0 bridgehead atoms. The Labute approximate surface area is 273 Å². The molecule has 2 aromatic rings. The minimum absolute atomic E-state index is 0.0786. The molecule has 1 aliphatic rings. The van der Waals surface area contributed by atoms with Crippen LogP contribution >= 0.6 is 7.67 Å². The number of nitriles is 1. The van der Waals surface area contributed by atoms with E-state index in [1.807, 2.05) is 6.07 Å². The molecule has 5 N–H and O–H groups in total. The minimum atomic E-state index is -4.38. The number of nitrogens with one attached hydrogen (secondary N) is 2. The van der Waals surface area contributed by atoms with Gasteiger partial charge in [-0.1, -0.05) is 13.8 Å². The number of aromatic nitrogens is 2. The molecule has 0 amide bonds. The number of hydrogen-bond donors (Lipinski definition) is 4. The van der Waals surface area contributed by atoms with E-state index in [1.165, 1.54) is 37.5 Å². The van der Waals surface area contributed by atoms with Crippen LogP contribution in [0.25, 0.3) is 5.52 Å². The van der Waals surface area contributed by atoms with Gasteiger partial charge in [0.1, 0.15) is 29.9 Å². The molecule has 1 fully saturated rings. The van der Waals surface area contributed by atoms with Gasteiger partial charge in [0.2, 0.25) is 5.60 Å². The molecule has 6 atom stereocenters. The second-order valence-corrected chi connectivity index (χ2v) is 14.3. The highest BCUT2D eigenvalue weighted by atomic mass is 31.2. The van der Waals surface area contributed by atoms with Crippen LogP contribution in [0.4, 0.5) is 5.69 Å². The van der Waals surface area contributed by atoms with E-state index in [1.54, 1.807) is 53.7 Å². The summed E-state index contributed by atoms with van der Waals surface area (Å²) >= 11 is 0. The van der Waals surface area contributed by atoms with Crippen LogP contribution in [0, 0.1) is 17.2 Å². The van der Waals surface area contributed by atoms with Gasteiger partial charge in [0.25, 0.3) is 0 Å². The van der Waals surface area contributed by atoms with Gasteiger partial charge in [-0.15, -0.1) is 0 Å². The molecular weight excluding hydrogens is 635 g/mol. The van der Waals surface area contributed by atoms with Gasteiger partial charge in [0.05, 0.1) is 41.6 Å². The average Bonchev–Trinajstić information content (AvgIpc) is 3.49. The first-order chi connectivity index (χ1) is 21.8. The fourth-order valence-electron chi connectivity index (χ4n) is 4.94. The van der Waals surface area contributed by atoms with Crippen LogP contribution in [0.1, 0.15) is 68.0 Å². The number of ether oxygens (including phenoxy) is 4. The lowest BCUT2D eigenvalue weighted by Gasteiger charge is -2.34. The fraction of sp³-hybridized carbons (Fsp3) is 0.633. The van der Waals surface area contributed by atoms with Crippen molar-refractivity contribution >= 4 is 36.8 Å². The van der Waals surface area contributed by atoms with Crippen LogP contribution in [0.15, 0.2) is 24.4 Å². The third-order valence-electron chi connectivity index (χ3n) is 7.31. The maximum absolute atomic E-state index is 14.3. The van der Waals surface area contributed by atoms with Crippen molar-refractivity contribution in [2.45, 2.75) is 110 Å². The summed E-state index contributed by atoms with van der Waals surface area (Å²) in [6.45, 7) is 13.1. The van der Waals surface area contributed by atoms with E-state index < -0.39 is 85.8 Å². The largest absolute Gasteiger partial charge is 0.462 e. The highest BCUT2D eigenvalue weighted by molar-refractivity contribution is 7.54. The highest BCUT2D eigenvalue weighted by Crippen LogP contribution is 2.50. The zero-order chi connectivity index (χ0) is 35.5. The zero-order valence-corrected chi connectivity index (χ0v) is 28.9. The van der Waals surface area contributed by atoms with E-state index in [4.69, 9.17) is 29.2 Å². The lowest BCUT2D eigenvalue weighted by molar-refractivity contribution is -0.168. The summed E-state index contributed by atoms with van der Waals surface area (Å²) < 4.78 is 43.8. The van der Waals surface area contributed by atoms with Crippen LogP contribution in [-0.2, 0) is 48.0 Å². The predicted molar refractivity (Wildman–Crippen MR) is 168 cm³/mol. The van der Waals surface area contributed by atoms with Crippen molar-refractivity contribution in [1.29, 1.82) is 5.26 Å². The smallest absolute Gasteiger partial charge is 0.342 e. The molecule has 1 saturated heterocycles. The van der Waals surface area contributed by atoms with Gasteiger partial charge in [0, 0.05) is 6.20 Å². The van der Waals surface area contributed by atoms with E-state index in [9.17, 15) is 29.3 Å². The third kappa shape index (κ3) is 8.11. The van der Waals surface area contributed by atoms with E-state index in [0.717, 1.165) is 0 Å². The van der Waals surface area contributed by atoms with E-state index in [-0.39, 0.29) is 5.69 Å². The standard InChI is InChI=1S/C30H45N6O10P/c1-16(2)26(37)45-25-23(46-30(15-31,29(25,9)40)24-11-10-22-21(32)12-13-33-36(22)24)14-42-47(41,34-19(7)27(38)43-17(3)4)35-20(8)28(39)44-18(5)6/h10-13,16-20,23,25,40H,14,32H2,1-9H3,(H2,34,35,41)/t19-,20-,23+,25+,29+,30-/m0/s1. The van der Waals surface area contributed by atoms with Crippen LogP contribution in [0.2, 0.25) is 0 Å². The van der Waals surface area contributed by atoms with Gasteiger partial charge >= 0.3 is 25.6 Å². The summed E-state index contributed by atoms with van der Waals surface area (Å²) in [5, 5.41) is 32.0. The molecule has 3 heterocycles. The van der Waals surface area contributed by atoms with Crippen molar-refractivity contribution in [3.05, 3.63) is 30.1 Å². The summed E-state index contributed by atoms with van der Waals surface area (Å²) in [5.74, 6) is -2.84. The predicted octanol–water partition coefficient (Wildman–Crippen LogP) is 2.34. The summed E-state index contributed by atoms with van der Waals surface area (Å²) in [5.41, 5.74) is 2.51. The molecule has 1 aliphatic heterocycles. The van der Waals surface area contributed by atoms with Crippen molar-refractivity contribution in [2.24, 2.45) is 5.92 Å². The first-order valence-corrected chi connectivity index (χ1v) is 16.9. The molecule has 47 heavy (non-hydrogen) atoms. The van der Waals surface area contributed by atoms with Gasteiger partial charge in [0.15, 0.2) is 6.10 Å². The third-order valence-corrected chi connectivity index (χ3v) is 9.28. The summed E-state index contributed by atoms with van der Waals surface area (Å²) in [6.07, 6.45) is -2.49. The van der Waals surface area contributed by atoms with Gasteiger partial charge in [-0.05, 0) is 66.7 Å². The molecule has 0 saturated carbocycles. The Morgan fingerprint density at radius 2 is 1.60 bits per heavy atom. The van der Waals surface area contributed by atoms with Gasteiger partial charge in [-0.3, -0.25) is 18.9 Å². The summed E-state index contributed by atoms with van der Waals surface area (Å²) in [7, 11) is -4.38. The molecular formula is C30H45N6O10P. The van der Waals surface area contributed by atoms with Crippen LogP contribution in [0.3, 0.4) is 0 Å². The lowest BCUT2D eigenvalue weighted by atomic mass is 9.80. The Kier molecular flexibility index (Phi) is 11.8. The molecule has 260 valence electrons. The number of carbonyl (C=O) groups is 3. The number of carbonyl (C=O) groups excluding carboxylic acids is 3. The quantitative estimate of drug-likeness (QED) is 0.128. The van der Waals surface area contributed by atoms with Crippen LogP contribution in [-0.4, -0.2) is 81.3 Å². The fourth-order valence-corrected chi connectivity index (χ4v) is 6.75. The Morgan fingerprint density at radius 3 is 2.09 bits per heavy atom. The molecule has 3 rings (SSSR count). The molecule has 0 unspecified atom stereocenters. The number of hydrogen-bond acceptors (Lipinski definition) is 13. The summed E-state index contributed by atoms with van der Waals surface area (Å²) in [4.78, 5) is 38.1. The number of nitrogens with two attached hydrogens (primary N) is 1. The summed E-state index contributed by atoms with van der Waals surface area (Å²) in [6, 6.07) is 4.30. The lowest BCUT2D eigenvalue weighted by Crippen LogP contribution is -2.54.